The van der Waals surface area contributed by atoms with E-state index in [2.05, 4.69) is 4.84 Å². The van der Waals surface area contributed by atoms with Crippen molar-refractivity contribution in [1.29, 1.82) is 0 Å². The molecule has 0 aliphatic rings. The molecule has 0 aliphatic carbocycles. The Balaban J connectivity index is 0. The maximum atomic E-state index is 10.7. The SMILES string of the molecule is O=C(O)CC(CC(=O)O)(O[N+](=O)[O-])C(=O)O.[Co]. The molecule has 0 aliphatic heterocycles. The predicted molar refractivity (Wildman–Crippen MR) is 43.0 cm³/mol. The van der Waals surface area contributed by atoms with Crippen LogP contribution in [0.1, 0.15) is 12.8 Å². The van der Waals surface area contributed by atoms with E-state index >= 15 is 0 Å². The molecule has 0 saturated heterocycles. The number of rotatable bonds is 7. The molecular formula is C6H7CoNO9. The zero-order valence-electron chi connectivity index (χ0n) is 7.99. The summed E-state index contributed by atoms with van der Waals surface area (Å²) in [7, 11) is 0. The van der Waals surface area contributed by atoms with Gasteiger partial charge in [0.1, 0.15) is 0 Å². The summed E-state index contributed by atoms with van der Waals surface area (Å²) < 4.78 is 0. The van der Waals surface area contributed by atoms with Crippen molar-refractivity contribution >= 4 is 17.9 Å². The third kappa shape index (κ3) is 5.67. The van der Waals surface area contributed by atoms with E-state index in [4.69, 9.17) is 15.3 Å². The third-order valence-electron chi connectivity index (χ3n) is 1.51. The van der Waals surface area contributed by atoms with Crippen molar-refractivity contribution in [2.75, 3.05) is 0 Å². The molecule has 17 heavy (non-hydrogen) atoms. The van der Waals surface area contributed by atoms with E-state index in [1.54, 1.807) is 0 Å². The van der Waals surface area contributed by atoms with Crippen molar-refractivity contribution in [2.45, 2.75) is 18.4 Å². The zero-order chi connectivity index (χ0) is 12.9. The average Bonchev–Trinajstić information content (AvgIpc) is 1.98. The van der Waals surface area contributed by atoms with Gasteiger partial charge in [-0.1, -0.05) is 0 Å². The van der Waals surface area contributed by atoms with Crippen LogP contribution in [0.2, 0.25) is 0 Å². The molecule has 0 unspecified atom stereocenters. The van der Waals surface area contributed by atoms with Crippen LogP contribution in [0.15, 0.2) is 0 Å². The summed E-state index contributed by atoms with van der Waals surface area (Å²) in [5, 5.41) is 33.8. The number of carbonyl (C=O) groups is 3. The Kier molecular flexibility index (Phi) is 6.84. The Morgan fingerprint density at radius 2 is 1.47 bits per heavy atom. The predicted octanol–water partition coefficient (Wildman–Crippen LogP) is -1.03. The molecule has 10 nitrogen and oxygen atoms in total. The maximum absolute atomic E-state index is 10.7. The summed E-state index contributed by atoms with van der Waals surface area (Å²) in [6.07, 6.45) is -2.68. The van der Waals surface area contributed by atoms with E-state index in [9.17, 15) is 24.5 Å². The van der Waals surface area contributed by atoms with Crippen molar-refractivity contribution in [2.24, 2.45) is 0 Å². The number of nitrogens with zero attached hydrogens (tertiary/aromatic N) is 1. The minimum Gasteiger partial charge on any atom is -0.481 e. The quantitative estimate of drug-likeness (QED) is 0.393. The molecule has 11 heteroatoms. The van der Waals surface area contributed by atoms with E-state index < -0.39 is 41.4 Å². The summed E-state index contributed by atoms with van der Waals surface area (Å²) in [4.78, 5) is 45.0. The fourth-order valence-corrected chi connectivity index (χ4v) is 0.949. The second-order valence-electron chi connectivity index (χ2n) is 2.76. The standard InChI is InChI=1S/C6H7NO9.Co/c8-3(9)1-6(5(12)13,2-4(10)11)16-7(14)15;/h1-2H2,(H,8,9)(H,10,11)(H,12,13);. The van der Waals surface area contributed by atoms with Crippen LogP contribution in [0, 0.1) is 10.1 Å². The van der Waals surface area contributed by atoms with E-state index in [0.29, 0.717) is 0 Å². The van der Waals surface area contributed by atoms with Gasteiger partial charge in [0.05, 0.1) is 12.8 Å². The van der Waals surface area contributed by atoms with E-state index in [-0.39, 0.29) is 16.8 Å². The van der Waals surface area contributed by atoms with E-state index in [0.717, 1.165) is 0 Å². The normalized spacial score (nSPS) is 9.88. The molecule has 0 atom stereocenters. The van der Waals surface area contributed by atoms with Crippen LogP contribution >= 0.6 is 0 Å². The molecule has 0 fully saturated rings. The summed E-state index contributed by atoms with van der Waals surface area (Å²) in [5.41, 5.74) is -2.92. The first kappa shape index (κ1) is 17.5. The molecule has 99 valence electrons. The Hall–Kier alpha value is -1.88. The maximum Gasteiger partial charge on any atom is 0.337 e. The smallest absolute Gasteiger partial charge is 0.337 e. The number of carboxylic acids is 3. The Bertz CT molecular complexity index is 300. The summed E-state index contributed by atoms with van der Waals surface area (Å²) in [5.74, 6) is -5.50. The molecule has 0 saturated carbocycles. The molecule has 0 aromatic heterocycles. The van der Waals surface area contributed by atoms with Gasteiger partial charge in [-0.3, -0.25) is 14.4 Å². The minimum absolute atomic E-state index is 0. The number of hydrogen-bond acceptors (Lipinski definition) is 6. The van der Waals surface area contributed by atoms with Crippen LogP contribution in [-0.4, -0.2) is 43.9 Å². The molecule has 1 radical (unpaired) electrons. The topological polar surface area (TPSA) is 164 Å². The summed E-state index contributed by atoms with van der Waals surface area (Å²) in [6, 6.07) is 0. The van der Waals surface area contributed by atoms with Gasteiger partial charge >= 0.3 is 17.9 Å². The Morgan fingerprint density at radius 1 is 1.12 bits per heavy atom. The van der Waals surface area contributed by atoms with Gasteiger partial charge in [0, 0.05) is 16.8 Å². The molecular weight excluding hydrogens is 289 g/mol. The monoisotopic (exact) mass is 296 g/mol. The molecule has 0 rings (SSSR count). The second kappa shape index (κ2) is 6.65. The second-order valence-corrected chi connectivity index (χ2v) is 2.76. The third-order valence-corrected chi connectivity index (χ3v) is 1.51. The van der Waals surface area contributed by atoms with Gasteiger partial charge in [0.2, 0.25) is 5.60 Å². The molecule has 0 heterocycles. The molecule has 0 aromatic carbocycles. The van der Waals surface area contributed by atoms with Crippen molar-refractivity contribution in [1.82, 2.24) is 0 Å². The molecule has 0 bridgehead atoms. The Morgan fingerprint density at radius 3 is 1.65 bits per heavy atom. The zero-order valence-corrected chi connectivity index (χ0v) is 9.03. The molecule has 0 spiro atoms. The van der Waals surface area contributed by atoms with Crippen molar-refractivity contribution in [3.05, 3.63) is 10.1 Å². The van der Waals surface area contributed by atoms with Crippen LogP contribution in [0.25, 0.3) is 0 Å². The van der Waals surface area contributed by atoms with Gasteiger partial charge in [0.25, 0.3) is 5.09 Å². The van der Waals surface area contributed by atoms with Crippen LogP contribution in [0.4, 0.5) is 0 Å². The summed E-state index contributed by atoms with van der Waals surface area (Å²) >= 11 is 0. The summed E-state index contributed by atoms with van der Waals surface area (Å²) in [6.45, 7) is 0. The first-order valence-electron chi connectivity index (χ1n) is 3.70. The first-order chi connectivity index (χ1) is 7.19. The fraction of sp³-hybridized carbons (Fsp3) is 0.500. The minimum atomic E-state index is -2.92. The molecule has 3 N–H and O–H groups in total. The van der Waals surface area contributed by atoms with Crippen LogP contribution in [0.3, 0.4) is 0 Å². The van der Waals surface area contributed by atoms with Gasteiger partial charge in [-0.05, 0) is 0 Å². The Labute approximate surface area is 103 Å². The van der Waals surface area contributed by atoms with Crippen LogP contribution < -0.4 is 0 Å². The van der Waals surface area contributed by atoms with Crippen LogP contribution in [0.5, 0.6) is 0 Å². The van der Waals surface area contributed by atoms with Crippen molar-refractivity contribution in [3.8, 4) is 0 Å². The molecule has 0 amide bonds. The number of carboxylic acid groups (broad SMARTS) is 3. The van der Waals surface area contributed by atoms with Gasteiger partial charge in [-0.15, -0.1) is 10.1 Å². The van der Waals surface area contributed by atoms with E-state index in [1.807, 2.05) is 0 Å². The fourth-order valence-electron chi connectivity index (χ4n) is 0.949. The van der Waals surface area contributed by atoms with Gasteiger partial charge in [-0.2, -0.15) is 0 Å². The molecule has 0 aromatic rings. The van der Waals surface area contributed by atoms with Crippen LogP contribution in [-0.2, 0) is 36.0 Å². The largest absolute Gasteiger partial charge is 0.481 e. The van der Waals surface area contributed by atoms with Crippen molar-refractivity contribution < 1.29 is 56.4 Å². The van der Waals surface area contributed by atoms with Gasteiger partial charge in [0.15, 0.2) is 0 Å². The van der Waals surface area contributed by atoms with Gasteiger partial charge in [-0.25, -0.2) is 4.79 Å². The van der Waals surface area contributed by atoms with E-state index in [1.165, 1.54) is 0 Å². The number of aliphatic carboxylic acids is 3. The number of hydrogen-bond donors (Lipinski definition) is 3. The van der Waals surface area contributed by atoms with Gasteiger partial charge < -0.3 is 15.3 Å². The first-order valence-corrected chi connectivity index (χ1v) is 3.70. The van der Waals surface area contributed by atoms with Crippen molar-refractivity contribution in [3.63, 3.8) is 0 Å². The average molecular weight is 296 g/mol.